The predicted molar refractivity (Wildman–Crippen MR) is 138 cm³/mol. The van der Waals surface area contributed by atoms with Crippen LogP contribution in [0.3, 0.4) is 0 Å². The number of hydrazone groups is 1. The van der Waals surface area contributed by atoms with Gasteiger partial charge in [-0.1, -0.05) is 80.4 Å². The third-order valence-corrected chi connectivity index (χ3v) is 5.67. The summed E-state index contributed by atoms with van der Waals surface area (Å²) in [5, 5.41) is 5.09. The van der Waals surface area contributed by atoms with Crippen LogP contribution < -0.4 is 14.9 Å². The summed E-state index contributed by atoms with van der Waals surface area (Å²) in [5.41, 5.74) is 6.38. The maximum absolute atomic E-state index is 12.3. The molecular formula is C27H28Cl2N2O3. The van der Waals surface area contributed by atoms with Crippen molar-refractivity contribution in [1.82, 2.24) is 5.43 Å². The molecule has 0 aromatic heterocycles. The number of rotatable bonds is 8. The molecule has 0 aliphatic carbocycles. The highest BCUT2D eigenvalue weighted by atomic mass is 35.5. The monoisotopic (exact) mass is 498 g/mol. The summed E-state index contributed by atoms with van der Waals surface area (Å²) in [5.74, 6) is 0.688. The number of nitrogens with one attached hydrogen (secondary N) is 1. The lowest BCUT2D eigenvalue weighted by Crippen LogP contribution is -2.20. The van der Waals surface area contributed by atoms with Crippen LogP contribution in [-0.4, -0.2) is 19.2 Å². The van der Waals surface area contributed by atoms with Crippen molar-refractivity contribution in [1.29, 1.82) is 0 Å². The fourth-order valence-electron chi connectivity index (χ4n) is 3.22. The lowest BCUT2D eigenvalue weighted by molar-refractivity contribution is -0.120. The second-order valence-corrected chi connectivity index (χ2v) is 9.71. The van der Waals surface area contributed by atoms with Crippen LogP contribution in [0.2, 0.25) is 10.0 Å². The Bertz CT molecular complexity index is 1150. The van der Waals surface area contributed by atoms with Crippen LogP contribution in [0.25, 0.3) is 0 Å². The minimum atomic E-state index is -0.208. The molecule has 0 unspecified atom stereocenters. The van der Waals surface area contributed by atoms with E-state index in [1.165, 1.54) is 18.9 Å². The van der Waals surface area contributed by atoms with E-state index in [1.807, 2.05) is 24.3 Å². The number of benzene rings is 3. The van der Waals surface area contributed by atoms with Gasteiger partial charge in [-0.05, 0) is 51.9 Å². The van der Waals surface area contributed by atoms with Gasteiger partial charge in [-0.3, -0.25) is 4.79 Å². The molecule has 0 aliphatic heterocycles. The molecule has 34 heavy (non-hydrogen) atoms. The van der Waals surface area contributed by atoms with Gasteiger partial charge in [0.1, 0.15) is 6.61 Å². The van der Waals surface area contributed by atoms with Crippen molar-refractivity contribution in [3.05, 3.63) is 93.0 Å². The quantitative estimate of drug-likeness (QED) is 0.282. The number of hydrogen-bond donors (Lipinski definition) is 1. The molecule has 3 rings (SSSR count). The molecule has 0 bridgehead atoms. The Morgan fingerprint density at radius 2 is 1.65 bits per heavy atom. The van der Waals surface area contributed by atoms with Crippen molar-refractivity contribution in [3.63, 3.8) is 0 Å². The second-order valence-electron chi connectivity index (χ2n) is 8.87. The first-order valence-electron chi connectivity index (χ1n) is 10.8. The Morgan fingerprint density at radius 1 is 1.00 bits per heavy atom. The zero-order valence-corrected chi connectivity index (χ0v) is 21.2. The molecule has 0 aliphatic rings. The minimum Gasteiger partial charge on any atom is -0.493 e. The first-order valence-corrected chi connectivity index (χ1v) is 11.6. The van der Waals surface area contributed by atoms with E-state index in [4.69, 9.17) is 32.7 Å². The van der Waals surface area contributed by atoms with Crippen molar-refractivity contribution in [2.24, 2.45) is 5.10 Å². The summed E-state index contributed by atoms with van der Waals surface area (Å²) < 4.78 is 11.3. The molecule has 0 spiro atoms. The fraction of sp³-hybridized carbons (Fsp3) is 0.259. The fourth-order valence-corrected chi connectivity index (χ4v) is 3.62. The highest BCUT2D eigenvalue weighted by Gasteiger charge is 2.14. The lowest BCUT2D eigenvalue weighted by atomic mass is 9.86. The predicted octanol–water partition coefficient (Wildman–Crippen LogP) is 6.57. The van der Waals surface area contributed by atoms with Gasteiger partial charge in [0.15, 0.2) is 11.5 Å². The van der Waals surface area contributed by atoms with Crippen molar-refractivity contribution < 1.29 is 14.3 Å². The highest BCUT2D eigenvalue weighted by molar-refractivity contribution is 6.32. The summed E-state index contributed by atoms with van der Waals surface area (Å²) >= 11 is 12.3. The molecule has 0 heterocycles. The molecule has 5 nitrogen and oxygen atoms in total. The van der Waals surface area contributed by atoms with Crippen LogP contribution in [0, 0.1) is 0 Å². The minimum absolute atomic E-state index is 0.0733. The maximum atomic E-state index is 12.3. The number of ether oxygens (including phenoxy) is 2. The second kappa shape index (κ2) is 11.4. The van der Waals surface area contributed by atoms with Crippen LogP contribution in [0.15, 0.2) is 65.8 Å². The Balaban J connectivity index is 1.60. The van der Waals surface area contributed by atoms with Crippen LogP contribution in [0.1, 0.15) is 43.0 Å². The third kappa shape index (κ3) is 7.24. The topological polar surface area (TPSA) is 59.9 Å². The van der Waals surface area contributed by atoms with Crippen LogP contribution >= 0.6 is 23.2 Å². The molecule has 3 aromatic carbocycles. The molecule has 1 amide bonds. The van der Waals surface area contributed by atoms with Gasteiger partial charge in [0.25, 0.3) is 0 Å². The van der Waals surface area contributed by atoms with E-state index in [0.717, 1.165) is 11.1 Å². The summed E-state index contributed by atoms with van der Waals surface area (Å²) in [6.07, 6.45) is 1.75. The van der Waals surface area contributed by atoms with Gasteiger partial charge in [0, 0.05) is 5.02 Å². The molecule has 0 radical (unpaired) electrons. The summed E-state index contributed by atoms with van der Waals surface area (Å²) in [6, 6.07) is 18.8. The largest absolute Gasteiger partial charge is 0.493 e. The van der Waals surface area contributed by atoms with Gasteiger partial charge in [-0.25, -0.2) is 5.43 Å². The molecule has 0 saturated carbocycles. The van der Waals surface area contributed by atoms with Crippen LogP contribution in [-0.2, 0) is 23.2 Å². The standard InChI is InChI=1S/C27H28Cl2N2O3/c1-27(2,3)21-9-5-18(6-10-21)15-25(32)31-30-16-20-13-23(29)26(24(14-20)33-4)34-17-19-7-11-22(28)12-8-19/h5-14,16H,15,17H2,1-4H3,(H,31,32)/b30-16-. The summed E-state index contributed by atoms with van der Waals surface area (Å²) in [7, 11) is 1.54. The zero-order valence-electron chi connectivity index (χ0n) is 19.7. The Hall–Kier alpha value is -3.02. The van der Waals surface area contributed by atoms with Crippen LogP contribution in [0.5, 0.6) is 11.5 Å². The van der Waals surface area contributed by atoms with Gasteiger partial charge < -0.3 is 9.47 Å². The lowest BCUT2D eigenvalue weighted by Gasteiger charge is -2.19. The van der Waals surface area contributed by atoms with E-state index in [2.05, 4.69) is 43.4 Å². The molecule has 0 atom stereocenters. The van der Waals surface area contributed by atoms with E-state index < -0.39 is 0 Å². The Morgan fingerprint density at radius 3 is 2.26 bits per heavy atom. The first kappa shape index (κ1) is 25.6. The number of carbonyl (C=O) groups is 1. The number of halogens is 2. The van der Waals surface area contributed by atoms with Crippen molar-refractivity contribution in [3.8, 4) is 11.5 Å². The maximum Gasteiger partial charge on any atom is 0.244 e. The van der Waals surface area contributed by atoms with Crippen molar-refractivity contribution in [2.45, 2.75) is 39.2 Å². The molecule has 1 N–H and O–H groups in total. The third-order valence-electron chi connectivity index (χ3n) is 5.14. The average Bonchev–Trinajstić information content (AvgIpc) is 2.79. The number of amides is 1. The highest BCUT2D eigenvalue weighted by Crippen LogP contribution is 2.36. The molecule has 3 aromatic rings. The molecule has 7 heteroatoms. The molecular weight excluding hydrogens is 471 g/mol. The zero-order chi connectivity index (χ0) is 24.7. The number of carbonyl (C=O) groups excluding carboxylic acids is 1. The molecule has 0 fully saturated rings. The van der Waals surface area contributed by atoms with Gasteiger partial charge in [-0.2, -0.15) is 5.10 Å². The van der Waals surface area contributed by atoms with E-state index in [0.29, 0.717) is 33.7 Å². The van der Waals surface area contributed by atoms with E-state index >= 15 is 0 Å². The Kier molecular flexibility index (Phi) is 8.59. The van der Waals surface area contributed by atoms with Gasteiger partial charge in [-0.15, -0.1) is 0 Å². The number of methoxy groups -OCH3 is 1. The first-order chi connectivity index (χ1) is 16.2. The van der Waals surface area contributed by atoms with Crippen molar-refractivity contribution >= 4 is 35.3 Å². The Labute approximate surface area is 210 Å². The number of nitrogens with zero attached hydrogens (tertiary/aromatic N) is 1. The SMILES string of the molecule is COc1cc(/C=N\NC(=O)Cc2ccc(C(C)(C)C)cc2)cc(Cl)c1OCc1ccc(Cl)cc1. The normalized spacial score (nSPS) is 11.5. The van der Waals surface area contributed by atoms with Gasteiger partial charge >= 0.3 is 0 Å². The summed E-state index contributed by atoms with van der Waals surface area (Å²) in [4.78, 5) is 12.3. The smallest absolute Gasteiger partial charge is 0.244 e. The van der Waals surface area contributed by atoms with Gasteiger partial charge in [0.2, 0.25) is 5.91 Å². The van der Waals surface area contributed by atoms with E-state index in [9.17, 15) is 4.79 Å². The van der Waals surface area contributed by atoms with E-state index in [-0.39, 0.29) is 17.7 Å². The van der Waals surface area contributed by atoms with Gasteiger partial charge in [0.05, 0.1) is 24.8 Å². The molecule has 0 saturated heterocycles. The van der Waals surface area contributed by atoms with E-state index in [1.54, 1.807) is 24.3 Å². The number of hydrogen-bond acceptors (Lipinski definition) is 4. The van der Waals surface area contributed by atoms with Crippen molar-refractivity contribution in [2.75, 3.05) is 7.11 Å². The summed E-state index contributed by atoms with van der Waals surface area (Å²) in [6.45, 7) is 6.78. The van der Waals surface area contributed by atoms with Crippen LogP contribution in [0.4, 0.5) is 0 Å². The average molecular weight is 499 g/mol. The molecule has 178 valence electrons.